The quantitative estimate of drug-likeness (QED) is 0.371. The number of nitrogens with one attached hydrogen (secondary N) is 1. The van der Waals surface area contributed by atoms with Crippen molar-refractivity contribution in [1.82, 2.24) is 20.0 Å². The fraction of sp³-hybridized carbons (Fsp3) is 0.682. The van der Waals surface area contributed by atoms with Gasteiger partial charge in [-0.3, -0.25) is 4.99 Å². The molecule has 0 saturated carbocycles. The van der Waals surface area contributed by atoms with Gasteiger partial charge in [-0.1, -0.05) is 37.3 Å². The van der Waals surface area contributed by atoms with E-state index in [0.29, 0.717) is 11.8 Å². The monoisotopic (exact) mass is 499 g/mol. The molecular weight excluding hydrogens is 461 g/mol. The number of nitrogens with zero attached hydrogens (tertiary/aromatic N) is 4. The van der Waals surface area contributed by atoms with Gasteiger partial charge >= 0.3 is 0 Å². The first-order chi connectivity index (χ1) is 13.2. The van der Waals surface area contributed by atoms with Crippen LogP contribution < -0.4 is 5.32 Å². The van der Waals surface area contributed by atoms with E-state index in [-0.39, 0.29) is 24.0 Å². The fourth-order valence-corrected chi connectivity index (χ4v) is 4.15. The van der Waals surface area contributed by atoms with Gasteiger partial charge < -0.3 is 20.0 Å². The number of hydrogen-bond donors (Lipinski definition) is 1. The minimum absolute atomic E-state index is 0. The summed E-state index contributed by atoms with van der Waals surface area (Å²) in [4.78, 5) is 12.5. The van der Waals surface area contributed by atoms with Crippen molar-refractivity contribution in [2.45, 2.75) is 26.2 Å². The molecule has 0 spiro atoms. The third-order valence-corrected chi connectivity index (χ3v) is 5.81. The predicted molar refractivity (Wildman–Crippen MR) is 130 cm³/mol. The number of likely N-dealkylation sites (tertiary alicyclic amines) is 1. The minimum Gasteiger partial charge on any atom is -0.357 e. The summed E-state index contributed by atoms with van der Waals surface area (Å²) in [6, 6.07) is 10.9. The van der Waals surface area contributed by atoms with Crippen molar-refractivity contribution >= 4 is 29.9 Å². The van der Waals surface area contributed by atoms with E-state index in [1.54, 1.807) is 0 Å². The molecular formula is C22H38IN5. The van der Waals surface area contributed by atoms with Crippen molar-refractivity contribution in [1.29, 1.82) is 0 Å². The minimum atomic E-state index is 0. The summed E-state index contributed by atoms with van der Waals surface area (Å²) >= 11 is 0. The highest BCUT2D eigenvalue weighted by atomic mass is 127. The lowest BCUT2D eigenvalue weighted by Gasteiger charge is -2.33. The number of benzene rings is 1. The number of guanidine groups is 1. The van der Waals surface area contributed by atoms with Gasteiger partial charge in [0.15, 0.2) is 5.96 Å². The van der Waals surface area contributed by atoms with Crippen LogP contribution in [0.2, 0.25) is 0 Å². The van der Waals surface area contributed by atoms with Crippen LogP contribution >= 0.6 is 24.0 Å². The summed E-state index contributed by atoms with van der Waals surface area (Å²) in [6.07, 6.45) is 1.21. The lowest BCUT2D eigenvalue weighted by Crippen LogP contribution is -2.46. The Balaban J connectivity index is 0.00000280. The second kappa shape index (κ2) is 12.0. The highest BCUT2D eigenvalue weighted by molar-refractivity contribution is 14.0. The zero-order chi connectivity index (χ0) is 19.1. The smallest absolute Gasteiger partial charge is 0.193 e. The second-order valence-corrected chi connectivity index (χ2v) is 8.25. The van der Waals surface area contributed by atoms with Crippen molar-refractivity contribution in [2.24, 2.45) is 10.9 Å². The Bertz CT molecular complexity index is 586. The average molecular weight is 499 g/mol. The number of hydrogen-bond acceptors (Lipinski definition) is 3. The third kappa shape index (κ3) is 6.88. The topological polar surface area (TPSA) is 34.1 Å². The SMILES string of the molecule is CCNC(=NCC(C)CN1CCN(C)CC1)N1CCC(c2ccccc2)C1.I. The molecule has 6 heteroatoms. The highest BCUT2D eigenvalue weighted by Gasteiger charge is 2.26. The van der Waals surface area contributed by atoms with Crippen LogP contribution in [0.3, 0.4) is 0 Å². The molecule has 2 unspecified atom stereocenters. The first-order valence-corrected chi connectivity index (χ1v) is 10.6. The van der Waals surface area contributed by atoms with Crippen molar-refractivity contribution in [2.75, 3.05) is 66.0 Å². The molecule has 1 N–H and O–H groups in total. The molecule has 0 aliphatic carbocycles. The van der Waals surface area contributed by atoms with Crippen molar-refractivity contribution in [3.63, 3.8) is 0 Å². The van der Waals surface area contributed by atoms with E-state index in [1.807, 2.05) is 0 Å². The Labute approximate surface area is 188 Å². The van der Waals surface area contributed by atoms with Gasteiger partial charge in [-0.25, -0.2) is 0 Å². The van der Waals surface area contributed by atoms with Gasteiger partial charge in [0.1, 0.15) is 0 Å². The van der Waals surface area contributed by atoms with Crippen molar-refractivity contribution in [3.05, 3.63) is 35.9 Å². The van der Waals surface area contributed by atoms with Gasteiger partial charge in [0.25, 0.3) is 0 Å². The van der Waals surface area contributed by atoms with E-state index in [4.69, 9.17) is 4.99 Å². The Morgan fingerprint density at radius 3 is 2.54 bits per heavy atom. The van der Waals surface area contributed by atoms with Crippen LogP contribution in [0.5, 0.6) is 0 Å². The number of halogens is 1. The average Bonchev–Trinajstić information content (AvgIpc) is 3.18. The summed E-state index contributed by atoms with van der Waals surface area (Å²) in [6.45, 7) is 14.4. The number of piperazine rings is 1. The van der Waals surface area contributed by atoms with E-state index in [0.717, 1.165) is 38.7 Å². The standard InChI is InChI=1S/C22H37N5.HI/c1-4-23-22(24-16-19(2)17-26-14-12-25(3)13-15-26)27-11-10-21(18-27)20-8-6-5-7-9-20;/h5-9,19,21H,4,10-18H2,1-3H3,(H,23,24);1H. The highest BCUT2D eigenvalue weighted by Crippen LogP contribution is 2.26. The third-order valence-electron chi connectivity index (χ3n) is 5.81. The Hall–Kier alpha value is -0.860. The van der Waals surface area contributed by atoms with Gasteiger partial charge in [0.2, 0.25) is 0 Å². The number of likely N-dealkylation sites (N-methyl/N-ethyl adjacent to an activating group) is 1. The van der Waals surface area contributed by atoms with Crippen LogP contribution in [0.4, 0.5) is 0 Å². The van der Waals surface area contributed by atoms with Crippen LogP contribution in [-0.2, 0) is 0 Å². The summed E-state index contributed by atoms with van der Waals surface area (Å²) in [5, 5.41) is 3.52. The second-order valence-electron chi connectivity index (χ2n) is 8.25. The molecule has 2 saturated heterocycles. The molecule has 0 aromatic heterocycles. The van der Waals surface area contributed by atoms with Gasteiger partial charge in [-0.15, -0.1) is 24.0 Å². The maximum absolute atomic E-state index is 5.00. The molecule has 2 atom stereocenters. The summed E-state index contributed by atoms with van der Waals surface area (Å²) in [7, 11) is 2.21. The molecule has 158 valence electrons. The van der Waals surface area contributed by atoms with E-state index in [2.05, 4.69) is 71.2 Å². The van der Waals surface area contributed by atoms with Gasteiger partial charge in [0.05, 0.1) is 0 Å². The molecule has 28 heavy (non-hydrogen) atoms. The van der Waals surface area contributed by atoms with Gasteiger partial charge in [-0.05, 0) is 31.9 Å². The molecule has 1 aromatic carbocycles. The normalized spacial score (nSPS) is 22.8. The largest absolute Gasteiger partial charge is 0.357 e. The Kier molecular flexibility index (Phi) is 10.0. The van der Waals surface area contributed by atoms with Crippen LogP contribution in [-0.4, -0.2) is 86.6 Å². The molecule has 0 amide bonds. The zero-order valence-corrected chi connectivity index (χ0v) is 20.1. The van der Waals surface area contributed by atoms with Crippen LogP contribution in [0, 0.1) is 5.92 Å². The fourth-order valence-electron chi connectivity index (χ4n) is 4.15. The van der Waals surface area contributed by atoms with E-state index in [1.165, 1.54) is 38.2 Å². The van der Waals surface area contributed by atoms with E-state index >= 15 is 0 Å². The Morgan fingerprint density at radius 2 is 1.86 bits per heavy atom. The summed E-state index contributed by atoms with van der Waals surface area (Å²) in [5.74, 6) is 2.31. The molecule has 2 aliphatic heterocycles. The molecule has 0 radical (unpaired) electrons. The van der Waals surface area contributed by atoms with E-state index in [9.17, 15) is 0 Å². The van der Waals surface area contributed by atoms with Crippen molar-refractivity contribution < 1.29 is 0 Å². The van der Waals surface area contributed by atoms with Crippen LogP contribution in [0.25, 0.3) is 0 Å². The van der Waals surface area contributed by atoms with Crippen LogP contribution in [0.15, 0.2) is 35.3 Å². The zero-order valence-electron chi connectivity index (χ0n) is 17.8. The number of rotatable bonds is 6. The lowest BCUT2D eigenvalue weighted by molar-refractivity contribution is 0.140. The first-order valence-electron chi connectivity index (χ1n) is 10.6. The molecule has 1 aromatic rings. The van der Waals surface area contributed by atoms with Crippen molar-refractivity contribution in [3.8, 4) is 0 Å². The van der Waals surface area contributed by atoms with Crippen LogP contribution in [0.1, 0.15) is 31.7 Å². The summed E-state index contributed by atoms with van der Waals surface area (Å²) < 4.78 is 0. The molecule has 5 nitrogen and oxygen atoms in total. The van der Waals surface area contributed by atoms with Gasteiger partial charge in [0, 0.05) is 64.8 Å². The predicted octanol–water partition coefficient (Wildman–Crippen LogP) is 2.94. The maximum atomic E-state index is 5.00. The molecule has 2 aliphatic rings. The Morgan fingerprint density at radius 1 is 1.14 bits per heavy atom. The summed E-state index contributed by atoms with van der Waals surface area (Å²) in [5.41, 5.74) is 1.46. The number of aliphatic imine (C=N–C) groups is 1. The molecule has 2 heterocycles. The molecule has 2 fully saturated rings. The lowest BCUT2D eigenvalue weighted by atomic mass is 9.99. The maximum Gasteiger partial charge on any atom is 0.193 e. The molecule has 3 rings (SSSR count). The van der Waals surface area contributed by atoms with Gasteiger partial charge in [-0.2, -0.15) is 0 Å². The van der Waals surface area contributed by atoms with E-state index < -0.39 is 0 Å². The first kappa shape index (κ1) is 23.4. The molecule has 0 bridgehead atoms.